The van der Waals surface area contributed by atoms with Gasteiger partial charge in [0.25, 0.3) is 0 Å². The number of hydrogen-bond donors (Lipinski definition) is 0. The lowest BCUT2D eigenvalue weighted by atomic mass is 9.82. The van der Waals surface area contributed by atoms with E-state index >= 15 is 0 Å². The van der Waals surface area contributed by atoms with Crippen LogP contribution in [0.2, 0.25) is 0 Å². The molecule has 4 rings (SSSR count). The van der Waals surface area contributed by atoms with E-state index < -0.39 is 0 Å². The van der Waals surface area contributed by atoms with Crippen LogP contribution in [0.25, 0.3) is 0 Å². The molecule has 0 radical (unpaired) electrons. The fourth-order valence-electron chi connectivity index (χ4n) is 4.16. The quantitative estimate of drug-likeness (QED) is 0.831. The van der Waals surface area contributed by atoms with Gasteiger partial charge in [-0.2, -0.15) is 0 Å². The van der Waals surface area contributed by atoms with E-state index in [0.717, 1.165) is 51.6 Å². The summed E-state index contributed by atoms with van der Waals surface area (Å²) < 4.78 is 5.96. The zero-order valence-corrected chi connectivity index (χ0v) is 15.2. The number of ether oxygens (including phenoxy) is 1. The number of thiophene rings is 1. The minimum absolute atomic E-state index is 0.153. The van der Waals surface area contributed by atoms with Crippen LogP contribution in [0.15, 0.2) is 41.9 Å². The largest absolute Gasteiger partial charge is 0.474 e. The highest BCUT2D eigenvalue weighted by atomic mass is 32.1. The molecule has 1 aliphatic carbocycles. The van der Waals surface area contributed by atoms with E-state index in [-0.39, 0.29) is 11.5 Å². The summed E-state index contributed by atoms with van der Waals surface area (Å²) in [4.78, 5) is 20.9. The number of nitrogens with zero attached hydrogens (tertiary/aromatic N) is 2. The van der Waals surface area contributed by atoms with E-state index in [4.69, 9.17) is 4.74 Å². The van der Waals surface area contributed by atoms with Crippen molar-refractivity contribution >= 4 is 17.2 Å². The zero-order valence-electron chi connectivity index (χ0n) is 14.4. The van der Waals surface area contributed by atoms with Crippen molar-refractivity contribution in [3.8, 4) is 5.88 Å². The molecule has 1 aliphatic heterocycles. The van der Waals surface area contributed by atoms with E-state index in [9.17, 15) is 4.79 Å². The lowest BCUT2D eigenvalue weighted by Crippen LogP contribution is -2.49. The smallest absolute Gasteiger partial charge is 0.234 e. The average Bonchev–Trinajstić information content (AvgIpc) is 3.35. The summed E-state index contributed by atoms with van der Waals surface area (Å²) in [7, 11) is 0. The number of hydrogen-bond acceptors (Lipinski definition) is 4. The van der Waals surface area contributed by atoms with Crippen molar-refractivity contribution in [2.45, 2.75) is 50.0 Å². The van der Waals surface area contributed by atoms with Gasteiger partial charge in [-0.1, -0.05) is 25.0 Å². The molecule has 0 atom stereocenters. The maximum absolute atomic E-state index is 13.4. The van der Waals surface area contributed by atoms with Gasteiger partial charge in [0, 0.05) is 43.1 Å². The Morgan fingerprint density at radius 2 is 1.96 bits per heavy atom. The summed E-state index contributed by atoms with van der Waals surface area (Å²) in [6.07, 6.45) is 7.96. The number of likely N-dealkylation sites (tertiary alicyclic amines) is 1. The summed E-state index contributed by atoms with van der Waals surface area (Å²) in [5, 5.41) is 2.09. The molecule has 0 aromatic carbocycles. The Morgan fingerprint density at radius 3 is 2.60 bits per heavy atom. The first-order valence-corrected chi connectivity index (χ1v) is 10.1. The van der Waals surface area contributed by atoms with E-state index in [1.165, 1.54) is 4.88 Å². The number of pyridine rings is 1. The zero-order chi connectivity index (χ0) is 17.1. The number of amides is 1. The first-order chi connectivity index (χ1) is 12.3. The summed E-state index contributed by atoms with van der Waals surface area (Å²) in [5.74, 6) is 1.02. The van der Waals surface area contributed by atoms with Crippen LogP contribution in [0.5, 0.6) is 5.88 Å². The molecule has 1 amide bonds. The second kappa shape index (κ2) is 7.16. The Balaban J connectivity index is 1.41. The van der Waals surface area contributed by atoms with Crippen LogP contribution in [0, 0.1) is 0 Å². The molecule has 5 heteroatoms. The SMILES string of the molecule is O=C(N1CCC(Oc2ccccn2)CC1)C1(c2cccs2)CCCC1. The summed E-state index contributed by atoms with van der Waals surface area (Å²) >= 11 is 1.73. The molecule has 4 nitrogen and oxygen atoms in total. The molecule has 1 saturated carbocycles. The maximum Gasteiger partial charge on any atom is 0.234 e. The molecule has 2 fully saturated rings. The van der Waals surface area contributed by atoms with Gasteiger partial charge in [0.05, 0.1) is 5.41 Å². The Morgan fingerprint density at radius 1 is 1.16 bits per heavy atom. The van der Waals surface area contributed by atoms with Gasteiger partial charge in [0.2, 0.25) is 11.8 Å². The van der Waals surface area contributed by atoms with Crippen LogP contribution in [0.3, 0.4) is 0 Å². The first kappa shape index (κ1) is 16.6. The highest BCUT2D eigenvalue weighted by molar-refractivity contribution is 7.10. The Labute approximate surface area is 152 Å². The van der Waals surface area contributed by atoms with Crippen molar-refractivity contribution in [3.63, 3.8) is 0 Å². The topological polar surface area (TPSA) is 42.4 Å². The number of aromatic nitrogens is 1. The molecule has 3 heterocycles. The van der Waals surface area contributed by atoms with Crippen LogP contribution in [0.4, 0.5) is 0 Å². The second-order valence-electron chi connectivity index (χ2n) is 7.04. The number of carbonyl (C=O) groups is 1. The number of rotatable bonds is 4. The van der Waals surface area contributed by atoms with Crippen molar-refractivity contribution < 1.29 is 9.53 Å². The van der Waals surface area contributed by atoms with Crippen LogP contribution >= 0.6 is 11.3 Å². The van der Waals surface area contributed by atoms with Crippen molar-refractivity contribution in [1.82, 2.24) is 9.88 Å². The summed E-state index contributed by atoms with van der Waals surface area (Å²) in [6.45, 7) is 1.56. The Hall–Kier alpha value is -1.88. The van der Waals surface area contributed by atoms with E-state index in [0.29, 0.717) is 11.8 Å². The molecule has 2 aliphatic rings. The van der Waals surface area contributed by atoms with Crippen LogP contribution in [-0.2, 0) is 10.2 Å². The minimum atomic E-state index is -0.261. The van der Waals surface area contributed by atoms with Gasteiger partial charge >= 0.3 is 0 Å². The van der Waals surface area contributed by atoms with Crippen molar-refractivity contribution in [2.24, 2.45) is 0 Å². The lowest BCUT2D eigenvalue weighted by molar-refractivity contribution is -0.139. The second-order valence-corrected chi connectivity index (χ2v) is 7.99. The molecule has 25 heavy (non-hydrogen) atoms. The number of piperidine rings is 1. The van der Waals surface area contributed by atoms with Crippen LogP contribution in [0.1, 0.15) is 43.4 Å². The molecule has 2 aromatic rings. The predicted octanol–water partition coefficient (Wildman–Crippen LogP) is 4.02. The summed E-state index contributed by atoms with van der Waals surface area (Å²) in [6, 6.07) is 9.93. The fourth-order valence-corrected chi connectivity index (χ4v) is 5.14. The van der Waals surface area contributed by atoms with E-state index in [2.05, 4.69) is 27.4 Å². The van der Waals surface area contributed by atoms with Crippen molar-refractivity contribution in [1.29, 1.82) is 0 Å². The van der Waals surface area contributed by atoms with Gasteiger partial charge in [-0.25, -0.2) is 4.98 Å². The van der Waals surface area contributed by atoms with E-state index in [1.807, 2.05) is 18.2 Å². The van der Waals surface area contributed by atoms with Crippen molar-refractivity contribution in [2.75, 3.05) is 13.1 Å². The monoisotopic (exact) mass is 356 g/mol. The molecule has 0 unspecified atom stereocenters. The van der Waals surface area contributed by atoms with Gasteiger partial charge in [-0.15, -0.1) is 11.3 Å². The third kappa shape index (κ3) is 3.30. The third-order valence-electron chi connectivity index (χ3n) is 5.51. The van der Waals surface area contributed by atoms with Gasteiger partial charge in [0.1, 0.15) is 6.10 Å². The summed E-state index contributed by atoms with van der Waals surface area (Å²) in [5.41, 5.74) is -0.261. The number of carbonyl (C=O) groups excluding carboxylic acids is 1. The Bertz CT molecular complexity index is 688. The molecular weight excluding hydrogens is 332 g/mol. The highest BCUT2D eigenvalue weighted by Crippen LogP contribution is 2.44. The molecule has 0 N–H and O–H groups in total. The van der Waals surface area contributed by atoms with Crippen LogP contribution < -0.4 is 4.74 Å². The highest BCUT2D eigenvalue weighted by Gasteiger charge is 2.46. The normalized spacial score (nSPS) is 20.6. The lowest BCUT2D eigenvalue weighted by Gasteiger charge is -2.38. The average molecular weight is 356 g/mol. The molecule has 1 saturated heterocycles. The van der Waals surface area contributed by atoms with E-state index in [1.54, 1.807) is 17.5 Å². The van der Waals surface area contributed by atoms with Crippen molar-refractivity contribution in [3.05, 3.63) is 46.8 Å². The fraction of sp³-hybridized carbons (Fsp3) is 0.500. The molecule has 132 valence electrons. The van der Waals surface area contributed by atoms with Crippen LogP contribution in [-0.4, -0.2) is 35.0 Å². The Kier molecular flexibility index (Phi) is 4.75. The minimum Gasteiger partial charge on any atom is -0.474 e. The molecule has 0 bridgehead atoms. The third-order valence-corrected chi connectivity index (χ3v) is 6.59. The first-order valence-electron chi connectivity index (χ1n) is 9.19. The maximum atomic E-state index is 13.4. The molecule has 0 spiro atoms. The van der Waals surface area contributed by atoms with Gasteiger partial charge in [-0.3, -0.25) is 4.79 Å². The van der Waals surface area contributed by atoms with Gasteiger partial charge < -0.3 is 9.64 Å². The standard InChI is InChI=1S/C20H24N2O2S/c23-19(20(10-2-3-11-20)17-6-5-15-25-17)22-13-8-16(9-14-22)24-18-7-1-4-12-21-18/h1,4-7,12,15-16H,2-3,8-11,13-14H2. The predicted molar refractivity (Wildman–Crippen MR) is 98.9 cm³/mol. The van der Waals surface area contributed by atoms with Gasteiger partial charge in [0.15, 0.2) is 0 Å². The molecule has 2 aromatic heterocycles. The van der Waals surface area contributed by atoms with Gasteiger partial charge in [-0.05, 0) is 30.4 Å². The molecular formula is C20H24N2O2S.